The van der Waals surface area contributed by atoms with Gasteiger partial charge in [0.25, 0.3) is 0 Å². The first kappa shape index (κ1) is 14.9. The molecule has 0 radical (unpaired) electrons. The highest BCUT2D eigenvalue weighted by Gasteiger charge is 2.06. The van der Waals surface area contributed by atoms with Gasteiger partial charge in [-0.2, -0.15) is 0 Å². The average Bonchev–Trinajstić information content (AvgIpc) is 2.41. The average molecular weight is 355 g/mol. The van der Waals surface area contributed by atoms with Crippen molar-refractivity contribution < 1.29 is 9.90 Å². The molecule has 0 heterocycles. The fourth-order valence-electron chi connectivity index (χ4n) is 1.79. The summed E-state index contributed by atoms with van der Waals surface area (Å²) in [7, 11) is 0. The van der Waals surface area contributed by atoms with Crippen molar-refractivity contribution in [3.05, 3.63) is 62.6 Å². The van der Waals surface area contributed by atoms with Gasteiger partial charge in [0.15, 0.2) is 0 Å². The van der Waals surface area contributed by atoms with Crippen LogP contribution in [0, 0.1) is 6.92 Å². The van der Waals surface area contributed by atoms with E-state index < -0.39 is 5.97 Å². The molecule has 0 atom stereocenters. The summed E-state index contributed by atoms with van der Waals surface area (Å²) in [6.07, 6.45) is 0. The Labute approximate surface area is 130 Å². The lowest BCUT2D eigenvalue weighted by atomic mass is 10.1. The Morgan fingerprint density at radius 1 is 1.30 bits per heavy atom. The fraction of sp³-hybridized carbons (Fsp3) is 0.133. The van der Waals surface area contributed by atoms with Crippen molar-refractivity contribution in [2.24, 2.45) is 0 Å². The molecule has 0 spiro atoms. The monoisotopic (exact) mass is 353 g/mol. The zero-order valence-electron chi connectivity index (χ0n) is 10.8. The van der Waals surface area contributed by atoms with Crippen LogP contribution < -0.4 is 5.32 Å². The van der Waals surface area contributed by atoms with Crippen LogP contribution in [0.15, 0.2) is 40.9 Å². The van der Waals surface area contributed by atoms with Gasteiger partial charge >= 0.3 is 5.97 Å². The number of carboxylic acids is 1. The van der Waals surface area contributed by atoms with E-state index in [4.69, 9.17) is 16.7 Å². The van der Waals surface area contributed by atoms with Crippen LogP contribution in [-0.4, -0.2) is 11.1 Å². The van der Waals surface area contributed by atoms with Crippen molar-refractivity contribution in [3.8, 4) is 0 Å². The maximum absolute atomic E-state index is 11.0. The van der Waals surface area contributed by atoms with Gasteiger partial charge in [0.2, 0.25) is 0 Å². The van der Waals surface area contributed by atoms with Crippen LogP contribution in [0.2, 0.25) is 5.02 Å². The third-order valence-corrected chi connectivity index (χ3v) is 4.17. The first-order valence-electron chi connectivity index (χ1n) is 5.99. The maximum atomic E-state index is 11.0. The van der Waals surface area contributed by atoms with Crippen LogP contribution in [0.1, 0.15) is 21.5 Å². The van der Waals surface area contributed by atoms with Crippen molar-refractivity contribution in [3.63, 3.8) is 0 Å². The molecule has 5 heteroatoms. The van der Waals surface area contributed by atoms with Crippen LogP contribution in [0.5, 0.6) is 0 Å². The summed E-state index contributed by atoms with van der Waals surface area (Å²) in [6, 6.07) is 10.7. The first-order valence-corrected chi connectivity index (χ1v) is 7.16. The summed E-state index contributed by atoms with van der Waals surface area (Å²) in [6.45, 7) is 2.53. The summed E-state index contributed by atoms with van der Waals surface area (Å²) in [4.78, 5) is 11.0. The lowest BCUT2D eigenvalue weighted by Gasteiger charge is -2.11. The molecule has 2 aromatic rings. The van der Waals surface area contributed by atoms with Crippen molar-refractivity contribution in [1.82, 2.24) is 0 Å². The molecule has 3 nitrogen and oxygen atoms in total. The largest absolute Gasteiger partial charge is 0.478 e. The summed E-state index contributed by atoms with van der Waals surface area (Å²) in [5.74, 6) is -0.928. The van der Waals surface area contributed by atoms with Gasteiger partial charge in [-0.3, -0.25) is 0 Å². The summed E-state index contributed by atoms with van der Waals surface area (Å²) < 4.78 is 0.842. The number of rotatable bonds is 4. The van der Waals surface area contributed by atoms with Crippen LogP contribution in [0.4, 0.5) is 5.69 Å². The van der Waals surface area contributed by atoms with E-state index in [9.17, 15) is 4.79 Å². The molecule has 0 bridgehead atoms. The van der Waals surface area contributed by atoms with Crippen molar-refractivity contribution >= 4 is 39.2 Å². The zero-order valence-corrected chi connectivity index (χ0v) is 13.1. The van der Waals surface area contributed by atoms with Crippen molar-refractivity contribution in [1.29, 1.82) is 0 Å². The van der Waals surface area contributed by atoms with E-state index in [1.54, 1.807) is 18.2 Å². The Morgan fingerprint density at radius 3 is 2.70 bits per heavy atom. The SMILES string of the molecule is Cc1ccc(C(=O)O)cc1NCc1ccc(Cl)c(Br)c1. The molecule has 0 saturated carbocycles. The molecule has 0 aromatic heterocycles. The standard InChI is InChI=1S/C15H13BrClNO2/c1-9-2-4-11(15(19)20)7-14(9)18-8-10-3-5-13(17)12(16)6-10/h2-7,18H,8H2,1H3,(H,19,20). The van der Waals surface area contributed by atoms with E-state index >= 15 is 0 Å². The third kappa shape index (κ3) is 3.52. The summed E-state index contributed by atoms with van der Waals surface area (Å²) >= 11 is 9.33. The second-order valence-corrected chi connectivity index (χ2v) is 5.70. The van der Waals surface area contributed by atoms with Gasteiger partial charge in [-0.25, -0.2) is 4.79 Å². The molecule has 104 valence electrons. The number of hydrogen-bond acceptors (Lipinski definition) is 2. The molecule has 0 aliphatic carbocycles. The second-order valence-electron chi connectivity index (χ2n) is 4.44. The number of hydrogen-bond donors (Lipinski definition) is 2. The van der Waals surface area contributed by atoms with Crippen LogP contribution >= 0.6 is 27.5 Å². The van der Waals surface area contributed by atoms with Gasteiger partial charge in [-0.15, -0.1) is 0 Å². The minimum atomic E-state index is -0.928. The van der Waals surface area contributed by atoms with Gasteiger partial charge in [0.05, 0.1) is 10.6 Å². The van der Waals surface area contributed by atoms with E-state index in [0.717, 1.165) is 21.3 Å². The van der Waals surface area contributed by atoms with E-state index in [-0.39, 0.29) is 5.56 Å². The van der Waals surface area contributed by atoms with Crippen molar-refractivity contribution in [2.45, 2.75) is 13.5 Å². The van der Waals surface area contributed by atoms with Gasteiger partial charge in [0, 0.05) is 16.7 Å². The number of nitrogens with one attached hydrogen (secondary N) is 1. The van der Waals surface area contributed by atoms with Crippen LogP contribution in [0.25, 0.3) is 0 Å². The van der Waals surface area contributed by atoms with Crippen LogP contribution in [-0.2, 0) is 6.54 Å². The van der Waals surface area contributed by atoms with Crippen LogP contribution in [0.3, 0.4) is 0 Å². The van der Waals surface area contributed by atoms with E-state index in [1.807, 2.05) is 25.1 Å². The Kier molecular flexibility index (Phi) is 4.68. The van der Waals surface area contributed by atoms with Gasteiger partial charge < -0.3 is 10.4 Å². The van der Waals surface area contributed by atoms with Gasteiger partial charge in [-0.05, 0) is 58.2 Å². The number of carboxylic acid groups (broad SMARTS) is 1. The molecule has 0 aliphatic rings. The maximum Gasteiger partial charge on any atom is 0.335 e. The number of aryl methyl sites for hydroxylation is 1. The van der Waals surface area contributed by atoms with E-state index in [0.29, 0.717) is 11.6 Å². The molecule has 0 aliphatic heterocycles. The molecular weight excluding hydrogens is 342 g/mol. The Bertz CT molecular complexity index is 658. The third-order valence-electron chi connectivity index (χ3n) is 2.95. The molecule has 2 aromatic carbocycles. The molecule has 0 fully saturated rings. The number of aromatic carboxylic acids is 1. The van der Waals surface area contributed by atoms with Gasteiger partial charge in [-0.1, -0.05) is 23.7 Å². The Morgan fingerprint density at radius 2 is 2.05 bits per heavy atom. The number of carbonyl (C=O) groups is 1. The second kappa shape index (κ2) is 6.29. The molecule has 0 unspecified atom stereocenters. The number of benzene rings is 2. The minimum Gasteiger partial charge on any atom is -0.478 e. The number of halogens is 2. The van der Waals surface area contributed by atoms with E-state index in [2.05, 4.69) is 21.2 Å². The topological polar surface area (TPSA) is 49.3 Å². The Balaban J connectivity index is 2.15. The zero-order chi connectivity index (χ0) is 14.7. The molecule has 20 heavy (non-hydrogen) atoms. The molecular formula is C15H13BrClNO2. The smallest absolute Gasteiger partial charge is 0.335 e. The number of anilines is 1. The highest BCUT2D eigenvalue weighted by atomic mass is 79.9. The summed E-state index contributed by atoms with van der Waals surface area (Å²) in [5, 5.41) is 12.9. The summed E-state index contributed by atoms with van der Waals surface area (Å²) in [5.41, 5.74) is 3.15. The lowest BCUT2D eigenvalue weighted by Crippen LogP contribution is -2.04. The molecule has 0 saturated heterocycles. The van der Waals surface area contributed by atoms with Gasteiger partial charge in [0.1, 0.15) is 0 Å². The first-order chi connectivity index (χ1) is 9.47. The highest BCUT2D eigenvalue weighted by Crippen LogP contribution is 2.24. The quantitative estimate of drug-likeness (QED) is 0.835. The predicted molar refractivity (Wildman–Crippen MR) is 84.6 cm³/mol. The molecule has 0 amide bonds. The minimum absolute atomic E-state index is 0.274. The van der Waals surface area contributed by atoms with Crippen molar-refractivity contribution in [2.75, 3.05) is 5.32 Å². The highest BCUT2D eigenvalue weighted by molar-refractivity contribution is 9.10. The van der Waals surface area contributed by atoms with E-state index in [1.165, 1.54) is 0 Å². The predicted octanol–water partition coefficient (Wildman–Crippen LogP) is 4.72. The Hall–Kier alpha value is -1.52. The molecule has 2 N–H and O–H groups in total. The normalized spacial score (nSPS) is 10.3. The lowest BCUT2D eigenvalue weighted by molar-refractivity contribution is 0.0697. The molecule has 2 rings (SSSR count). The fourth-order valence-corrected chi connectivity index (χ4v) is 2.34.